The molecule has 1 unspecified atom stereocenters. The van der Waals surface area contributed by atoms with Gasteiger partial charge in [-0.25, -0.2) is 0 Å². The highest BCUT2D eigenvalue weighted by molar-refractivity contribution is 5.82. The Bertz CT molecular complexity index is 474. The van der Waals surface area contributed by atoms with Gasteiger partial charge in [-0.05, 0) is 30.4 Å². The maximum absolute atomic E-state index is 12.4. The van der Waals surface area contributed by atoms with Gasteiger partial charge >= 0.3 is 0 Å². The third-order valence-corrected chi connectivity index (χ3v) is 4.70. The number of carbonyl (C=O) groups is 1. The topological polar surface area (TPSA) is 58.6 Å². The van der Waals surface area contributed by atoms with Crippen molar-refractivity contribution in [3.05, 3.63) is 35.4 Å². The van der Waals surface area contributed by atoms with Crippen molar-refractivity contribution in [3.63, 3.8) is 0 Å². The fourth-order valence-electron chi connectivity index (χ4n) is 2.76. The van der Waals surface area contributed by atoms with Gasteiger partial charge in [0.15, 0.2) is 6.10 Å². The first-order valence-electron chi connectivity index (χ1n) is 7.73. The molecule has 1 amide bonds. The number of hydrogen-bond donors (Lipinski definition) is 2. The molecule has 0 bridgehead atoms. The molecule has 1 atom stereocenters. The number of carbonyl (C=O) groups excluding carboxylic acids is 1. The number of fused-ring (bicyclic) bond motifs is 1. The minimum atomic E-state index is -0.528. The lowest BCUT2D eigenvalue weighted by molar-refractivity contribution is -0.134. The van der Waals surface area contributed by atoms with Gasteiger partial charge in [0.1, 0.15) is 0 Å². The number of hydrogen-bond acceptors (Lipinski definition) is 3. The highest BCUT2D eigenvalue weighted by Crippen LogP contribution is 2.28. The standard InChI is InChI=1S/C17H25NO3/c1-3-17(4-2,12-19)11-18-16(20)15-14-8-6-5-7-13(14)9-10-21-15/h5-8,15,19H,3-4,9-12H2,1-2H3,(H,18,20). The average molecular weight is 291 g/mol. The second-order valence-corrected chi connectivity index (χ2v) is 5.78. The Kier molecular flexibility index (Phi) is 5.37. The molecule has 2 N–H and O–H groups in total. The summed E-state index contributed by atoms with van der Waals surface area (Å²) in [7, 11) is 0. The van der Waals surface area contributed by atoms with Crippen molar-refractivity contribution in [3.8, 4) is 0 Å². The molecule has 4 heteroatoms. The van der Waals surface area contributed by atoms with Gasteiger partial charge in [0.05, 0.1) is 13.2 Å². The molecule has 116 valence electrons. The van der Waals surface area contributed by atoms with Crippen molar-refractivity contribution in [2.24, 2.45) is 5.41 Å². The van der Waals surface area contributed by atoms with Crippen LogP contribution in [0.3, 0.4) is 0 Å². The summed E-state index contributed by atoms with van der Waals surface area (Å²) in [6, 6.07) is 7.93. The summed E-state index contributed by atoms with van der Waals surface area (Å²) in [5, 5.41) is 12.5. The summed E-state index contributed by atoms with van der Waals surface area (Å²) in [6.07, 6.45) is 2.00. The molecular weight excluding hydrogens is 266 g/mol. The first-order chi connectivity index (χ1) is 10.2. The maximum atomic E-state index is 12.4. The summed E-state index contributed by atoms with van der Waals surface area (Å²) >= 11 is 0. The Morgan fingerprint density at radius 1 is 1.38 bits per heavy atom. The van der Waals surface area contributed by atoms with Gasteiger partial charge in [-0.2, -0.15) is 0 Å². The third-order valence-electron chi connectivity index (χ3n) is 4.70. The summed E-state index contributed by atoms with van der Waals surface area (Å²) in [6.45, 7) is 5.22. The fraction of sp³-hybridized carbons (Fsp3) is 0.588. The van der Waals surface area contributed by atoms with Crippen LogP contribution in [0.5, 0.6) is 0 Å². The van der Waals surface area contributed by atoms with E-state index in [1.165, 1.54) is 5.56 Å². The molecule has 1 heterocycles. The molecule has 0 aromatic heterocycles. The van der Waals surface area contributed by atoms with Crippen LogP contribution < -0.4 is 5.32 Å². The predicted octanol–water partition coefficient (Wildman–Crippen LogP) is 2.22. The molecule has 0 saturated heterocycles. The van der Waals surface area contributed by atoms with Crippen molar-refractivity contribution >= 4 is 5.91 Å². The van der Waals surface area contributed by atoms with Crippen LogP contribution >= 0.6 is 0 Å². The highest BCUT2D eigenvalue weighted by Gasteiger charge is 2.30. The van der Waals surface area contributed by atoms with E-state index in [1.807, 2.05) is 38.1 Å². The van der Waals surface area contributed by atoms with Gasteiger partial charge in [-0.1, -0.05) is 38.1 Å². The van der Waals surface area contributed by atoms with Crippen molar-refractivity contribution in [1.82, 2.24) is 5.32 Å². The van der Waals surface area contributed by atoms with E-state index in [9.17, 15) is 9.90 Å². The largest absolute Gasteiger partial charge is 0.396 e. The molecule has 0 spiro atoms. The zero-order valence-corrected chi connectivity index (χ0v) is 12.9. The van der Waals surface area contributed by atoms with E-state index in [-0.39, 0.29) is 17.9 Å². The summed E-state index contributed by atoms with van der Waals surface area (Å²) in [4.78, 5) is 12.4. The Morgan fingerprint density at radius 2 is 2.10 bits per heavy atom. The van der Waals surface area contributed by atoms with Crippen LogP contribution in [-0.2, 0) is 16.0 Å². The summed E-state index contributed by atoms with van der Waals surface area (Å²) in [5.41, 5.74) is 1.91. The van der Waals surface area contributed by atoms with E-state index in [0.717, 1.165) is 24.8 Å². The van der Waals surface area contributed by atoms with Crippen molar-refractivity contribution in [1.29, 1.82) is 0 Å². The van der Waals surface area contributed by atoms with Crippen LogP contribution in [-0.4, -0.2) is 30.8 Å². The molecular formula is C17H25NO3. The summed E-state index contributed by atoms with van der Waals surface area (Å²) in [5.74, 6) is -0.109. The molecule has 21 heavy (non-hydrogen) atoms. The summed E-state index contributed by atoms with van der Waals surface area (Å²) < 4.78 is 5.66. The van der Waals surface area contributed by atoms with E-state index in [2.05, 4.69) is 5.32 Å². The minimum absolute atomic E-state index is 0.0857. The van der Waals surface area contributed by atoms with Gasteiger partial charge in [-0.15, -0.1) is 0 Å². The number of benzene rings is 1. The molecule has 1 aromatic rings. The lowest BCUT2D eigenvalue weighted by Gasteiger charge is -2.31. The van der Waals surface area contributed by atoms with Gasteiger partial charge in [0, 0.05) is 12.0 Å². The van der Waals surface area contributed by atoms with E-state index >= 15 is 0 Å². The van der Waals surface area contributed by atoms with Gasteiger partial charge in [0.25, 0.3) is 5.91 Å². The van der Waals surface area contributed by atoms with Crippen molar-refractivity contribution < 1.29 is 14.6 Å². The Labute approximate surface area is 126 Å². The van der Waals surface area contributed by atoms with Crippen LogP contribution in [0.2, 0.25) is 0 Å². The molecule has 1 aliphatic heterocycles. The second-order valence-electron chi connectivity index (χ2n) is 5.78. The molecule has 0 saturated carbocycles. The zero-order chi connectivity index (χ0) is 15.3. The van der Waals surface area contributed by atoms with Gasteiger partial charge in [0.2, 0.25) is 0 Å². The third kappa shape index (κ3) is 3.44. The quantitative estimate of drug-likeness (QED) is 0.845. The van der Waals surface area contributed by atoms with E-state index in [1.54, 1.807) is 0 Å². The first-order valence-corrected chi connectivity index (χ1v) is 7.73. The van der Waals surface area contributed by atoms with Crippen LogP contribution in [0.1, 0.15) is 43.9 Å². The lowest BCUT2D eigenvalue weighted by Crippen LogP contribution is -2.42. The molecule has 0 radical (unpaired) electrons. The van der Waals surface area contributed by atoms with Crippen LogP contribution in [0.4, 0.5) is 0 Å². The van der Waals surface area contributed by atoms with Crippen LogP contribution in [0, 0.1) is 5.41 Å². The number of nitrogens with one attached hydrogen (secondary N) is 1. The number of aliphatic hydroxyl groups is 1. The first kappa shape index (κ1) is 16.0. The highest BCUT2D eigenvalue weighted by atomic mass is 16.5. The SMILES string of the molecule is CCC(CC)(CO)CNC(=O)C1OCCc2ccccc21. The number of amides is 1. The molecule has 0 aliphatic carbocycles. The Balaban J connectivity index is 2.05. The van der Waals surface area contributed by atoms with E-state index < -0.39 is 6.10 Å². The van der Waals surface area contributed by atoms with Gasteiger partial charge in [-0.3, -0.25) is 4.79 Å². The van der Waals surface area contributed by atoms with Crippen molar-refractivity contribution in [2.75, 3.05) is 19.8 Å². The second kappa shape index (κ2) is 7.05. The molecule has 1 aliphatic rings. The molecule has 0 fully saturated rings. The normalized spacial score (nSPS) is 18.1. The van der Waals surface area contributed by atoms with Gasteiger partial charge < -0.3 is 15.2 Å². The average Bonchev–Trinajstić information content (AvgIpc) is 2.56. The fourth-order valence-corrected chi connectivity index (χ4v) is 2.76. The molecule has 2 rings (SSSR count). The maximum Gasteiger partial charge on any atom is 0.253 e. The van der Waals surface area contributed by atoms with E-state index in [4.69, 9.17) is 4.74 Å². The molecule has 1 aromatic carbocycles. The van der Waals surface area contributed by atoms with Crippen LogP contribution in [0.15, 0.2) is 24.3 Å². The van der Waals surface area contributed by atoms with E-state index in [0.29, 0.717) is 13.2 Å². The molecule has 4 nitrogen and oxygen atoms in total. The Morgan fingerprint density at radius 3 is 2.76 bits per heavy atom. The zero-order valence-electron chi connectivity index (χ0n) is 12.9. The van der Waals surface area contributed by atoms with Crippen molar-refractivity contribution in [2.45, 2.75) is 39.2 Å². The Hall–Kier alpha value is -1.39. The number of aliphatic hydroxyl groups excluding tert-OH is 1. The van der Waals surface area contributed by atoms with Crippen LogP contribution in [0.25, 0.3) is 0 Å². The number of rotatable bonds is 6. The monoisotopic (exact) mass is 291 g/mol. The number of ether oxygens (including phenoxy) is 1. The smallest absolute Gasteiger partial charge is 0.253 e. The predicted molar refractivity (Wildman–Crippen MR) is 81.9 cm³/mol. The lowest BCUT2D eigenvalue weighted by atomic mass is 9.83. The minimum Gasteiger partial charge on any atom is -0.396 e.